The molecule has 0 aliphatic rings. The Bertz CT molecular complexity index is 754. The van der Waals surface area contributed by atoms with Crippen LogP contribution in [0.2, 0.25) is 0 Å². The monoisotopic (exact) mass is 324 g/mol. The van der Waals surface area contributed by atoms with Gasteiger partial charge in [0, 0.05) is 23.7 Å². The second-order valence-corrected chi connectivity index (χ2v) is 5.33. The molecule has 124 valence electrons. The summed E-state index contributed by atoms with van der Waals surface area (Å²) in [6.07, 6.45) is 2.82. The number of aliphatic imine (C=N–C) groups is 1. The van der Waals surface area contributed by atoms with Crippen LogP contribution in [0.15, 0.2) is 47.6 Å². The van der Waals surface area contributed by atoms with Gasteiger partial charge in [-0.1, -0.05) is 18.2 Å². The third-order valence-electron chi connectivity index (χ3n) is 3.58. The number of aromatic nitrogens is 1. The lowest BCUT2D eigenvalue weighted by atomic mass is 9.98. The average molecular weight is 324 g/mol. The molecule has 0 amide bonds. The average Bonchev–Trinajstić information content (AvgIpc) is 2.58. The fourth-order valence-corrected chi connectivity index (χ4v) is 2.10. The van der Waals surface area contributed by atoms with Crippen LogP contribution < -0.4 is 0 Å². The van der Waals surface area contributed by atoms with Gasteiger partial charge in [0.15, 0.2) is 11.7 Å². The van der Waals surface area contributed by atoms with Crippen LogP contribution in [0.4, 0.5) is 5.69 Å². The standard InChI is InChI=1S/C19H20N2O3/c1-4-24-19(23)17(12-21-16-8-6-5-7-9-16)18(22)15-10-13(2)14(3)20-11-15/h5-12,17H,4H2,1-3H3. The van der Waals surface area contributed by atoms with Crippen molar-refractivity contribution in [2.45, 2.75) is 20.8 Å². The first-order chi connectivity index (χ1) is 11.5. The van der Waals surface area contributed by atoms with E-state index in [1.54, 1.807) is 25.1 Å². The van der Waals surface area contributed by atoms with Crippen molar-refractivity contribution < 1.29 is 14.3 Å². The molecule has 0 aliphatic heterocycles. The molecule has 0 radical (unpaired) electrons. The Morgan fingerprint density at radius 3 is 2.58 bits per heavy atom. The number of rotatable bonds is 6. The van der Waals surface area contributed by atoms with Gasteiger partial charge in [0.2, 0.25) is 0 Å². The predicted octanol–water partition coefficient (Wildman–Crippen LogP) is 3.46. The summed E-state index contributed by atoms with van der Waals surface area (Å²) < 4.78 is 5.02. The summed E-state index contributed by atoms with van der Waals surface area (Å²) >= 11 is 0. The van der Waals surface area contributed by atoms with E-state index < -0.39 is 11.9 Å². The summed E-state index contributed by atoms with van der Waals surface area (Å²) in [6.45, 7) is 5.64. The first kappa shape index (κ1) is 17.5. The summed E-state index contributed by atoms with van der Waals surface area (Å²) in [4.78, 5) is 33.3. The molecular formula is C19H20N2O3. The molecular weight excluding hydrogens is 304 g/mol. The number of aryl methyl sites for hydroxylation is 2. The molecule has 0 saturated carbocycles. The number of esters is 1. The fraction of sp³-hybridized carbons (Fsp3) is 0.263. The van der Waals surface area contributed by atoms with E-state index in [9.17, 15) is 9.59 Å². The number of hydrogen-bond donors (Lipinski definition) is 0. The molecule has 1 unspecified atom stereocenters. The smallest absolute Gasteiger partial charge is 0.322 e. The number of nitrogens with zero attached hydrogens (tertiary/aromatic N) is 2. The number of Topliss-reactive ketones (excluding diaryl/α,β-unsaturated/α-hetero) is 1. The molecule has 0 saturated heterocycles. The maximum atomic E-state index is 12.7. The highest BCUT2D eigenvalue weighted by Gasteiger charge is 2.28. The second kappa shape index (κ2) is 8.15. The van der Waals surface area contributed by atoms with E-state index in [2.05, 4.69) is 9.98 Å². The van der Waals surface area contributed by atoms with Gasteiger partial charge in [-0.25, -0.2) is 0 Å². The Hall–Kier alpha value is -2.82. The highest BCUT2D eigenvalue weighted by atomic mass is 16.5. The maximum absolute atomic E-state index is 12.7. The SMILES string of the molecule is CCOC(=O)C(C=Nc1ccccc1)C(=O)c1cnc(C)c(C)c1. The lowest BCUT2D eigenvalue weighted by Crippen LogP contribution is -2.28. The third kappa shape index (κ3) is 4.35. The zero-order chi connectivity index (χ0) is 17.5. The molecule has 0 aliphatic carbocycles. The van der Waals surface area contributed by atoms with Gasteiger partial charge in [0.05, 0.1) is 12.3 Å². The summed E-state index contributed by atoms with van der Waals surface area (Å²) in [5, 5.41) is 0. The molecule has 1 heterocycles. The van der Waals surface area contributed by atoms with Crippen LogP contribution in [0.25, 0.3) is 0 Å². The van der Waals surface area contributed by atoms with Crippen LogP contribution in [-0.4, -0.2) is 29.6 Å². The van der Waals surface area contributed by atoms with Crippen LogP contribution in [0, 0.1) is 19.8 Å². The normalized spacial score (nSPS) is 12.1. The minimum absolute atomic E-state index is 0.201. The predicted molar refractivity (Wildman–Crippen MR) is 92.8 cm³/mol. The van der Waals surface area contributed by atoms with E-state index >= 15 is 0 Å². The van der Waals surface area contributed by atoms with E-state index in [1.807, 2.05) is 32.0 Å². The first-order valence-electron chi connectivity index (χ1n) is 7.76. The quantitative estimate of drug-likeness (QED) is 0.353. The molecule has 0 N–H and O–H groups in total. The number of benzene rings is 1. The zero-order valence-electron chi connectivity index (χ0n) is 14.0. The van der Waals surface area contributed by atoms with Gasteiger partial charge in [-0.15, -0.1) is 0 Å². The second-order valence-electron chi connectivity index (χ2n) is 5.33. The lowest BCUT2D eigenvalue weighted by molar-refractivity contribution is -0.143. The Morgan fingerprint density at radius 1 is 1.25 bits per heavy atom. The van der Waals surface area contributed by atoms with Crippen LogP contribution >= 0.6 is 0 Å². The van der Waals surface area contributed by atoms with E-state index in [0.717, 1.165) is 11.3 Å². The first-order valence-corrected chi connectivity index (χ1v) is 7.76. The number of carbonyl (C=O) groups is 2. The van der Waals surface area contributed by atoms with E-state index in [1.165, 1.54) is 12.4 Å². The number of ketones is 1. The summed E-state index contributed by atoms with van der Waals surface area (Å²) in [5.41, 5.74) is 2.77. The number of pyridine rings is 1. The van der Waals surface area contributed by atoms with Crippen LogP contribution in [-0.2, 0) is 9.53 Å². The van der Waals surface area contributed by atoms with E-state index in [0.29, 0.717) is 11.3 Å². The summed E-state index contributed by atoms with van der Waals surface area (Å²) in [5.74, 6) is -2.07. The Balaban J connectivity index is 2.31. The molecule has 0 spiro atoms. The van der Waals surface area contributed by atoms with Gasteiger partial charge in [0.1, 0.15) is 0 Å². The molecule has 24 heavy (non-hydrogen) atoms. The maximum Gasteiger partial charge on any atom is 0.322 e. The van der Waals surface area contributed by atoms with Gasteiger partial charge < -0.3 is 4.74 Å². The number of hydrogen-bond acceptors (Lipinski definition) is 5. The zero-order valence-corrected chi connectivity index (χ0v) is 14.0. The van der Waals surface area contributed by atoms with Crippen molar-refractivity contribution in [1.82, 2.24) is 4.98 Å². The van der Waals surface area contributed by atoms with E-state index in [-0.39, 0.29) is 12.4 Å². The minimum Gasteiger partial charge on any atom is -0.465 e. The highest BCUT2D eigenvalue weighted by molar-refractivity contribution is 6.18. The summed E-state index contributed by atoms with van der Waals surface area (Å²) in [7, 11) is 0. The van der Waals surface area contributed by atoms with Crippen molar-refractivity contribution in [2.24, 2.45) is 10.9 Å². The Morgan fingerprint density at radius 2 is 1.96 bits per heavy atom. The van der Waals surface area contributed by atoms with Crippen LogP contribution in [0.3, 0.4) is 0 Å². The minimum atomic E-state index is -1.09. The number of ether oxygens (including phenoxy) is 1. The van der Waals surface area contributed by atoms with E-state index in [4.69, 9.17) is 4.74 Å². The molecule has 1 aromatic carbocycles. The van der Waals surface area contributed by atoms with Gasteiger partial charge >= 0.3 is 5.97 Å². The molecule has 2 rings (SSSR count). The van der Waals surface area contributed by atoms with Crippen molar-refractivity contribution in [3.63, 3.8) is 0 Å². The van der Waals surface area contributed by atoms with Crippen molar-refractivity contribution in [3.8, 4) is 0 Å². The van der Waals surface area contributed by atoms with Crippen molar-refractivity contribution in [1.29, 1.82) is 0 Å². The topological polar surface area (TPSA) is 68.6 Å². The van der Waals surface area contributed by atoms with Gasteiger partial charge in [0.25, 0.3) is 0 Å². The van der Waals surface area contributed by atoms with Gasteiger partial charge in [-0.3, -0.25) is 19.6 Å². The van der Waals surface area contributed by atoms with Crippen molar-refractivity contribution in [2.75, 3.05) is 6.61 Å². The number of carbonyl (C=O) groups excluding carboxylic acids is 2. The molecule has 1 aromatic heterocycles. The summed E-state index contributed by atoms with van der Waals surface area (Å²) in [6, 6.07) is 10.9. The molecule has 0 fully saturated rings. The van der Waals surface area contributed by atoms with Crippen LogP contribution in [0.5, 0.6) is 0 Å². The third-order valence-corrected chi connectivity index (χ3v) is 3.58. The highest BCUT2D eigenvalue weighted by Crippen LogP contribution is 2.15. The molecule has 5 nitrogen and oxygen atoms in total. The number of para-hydroxylation sites is 1. The fourth-order valence-electron chi connectivity index (χ4n) is 2.10. The van der Waals surface area contributed by atoms with Crippen molar-refractivity contribution >= 4 is 23.7 Å². The molecule has 1 atom stereocenters. The van der Waals surface area contributed by atoms with Gasteiger partial charge in [-0.2, -0.15) is 0 Å². The molecule has 2 aromatic rings. The Labute approximate surface area is 141 Å². The largest absolute Gasteiger partial charge is 0.465 e. The molecule has 0 bridgehead atoms. The van der Waals surface area contributed by atoms with Crippen molar-refractivity contribution in [3.05, 3.63) is 59.4 Å². The van der Waals surface area contributed by atoms with Gasteiger partial charge in [-0.05, 0) is 44.5 Å². The molecule has 5 heteroatoms. The lowest BCUT2D eigenvalue weighted by Gasteiger charge is -2.11. The van der Waals surface area contributed by atoms with Crippen LogP contribution in [0.1, 0.15) is 28.5 Å². The Kier molecular flexibility index (Phi) is 5.95.